The van der Waals surface area contributed by atoms with Gasteiger partial charge in [0.25, 0.3) is 0 Å². The summed E-state index contributed by atoms with van der Waals surface area (Å²) in [5.41, 5.74) is 0. The van der Waals surface area contributed by atoms with Gasteiger partial charge in [0.05, 0.1) is 11.4 Å². The van der Waals surface area contributed by atoms with Gasteiger partial charge in [0.1, 0.15) is 6.33 Å². The van der Waals surface area contributed by atoms with Crippen molar-refractivity contribution in [3.05, 3.63) is 18.3 Å². The molecule has 1 aromatic heterocycles. The molecule has 1 aromatic rings. The molecular weight excluding hydrogens is 283 g/mol. The minimum absolute atomic E-state index is 0.217. The Kier molecular flexibility index (Phi) is 4.54. The predicted molar refractivity (Wildman–Crippen MR) is 74.4 cm³/mol. The molecule has 1 atom stereocenters. The summed E-state index contributed by atoms with van der Waals surface area (Å²) in [5, 5.41) is -0.478. The first-order valence-corrected chi connectivity index (χ1v) is 8.16. The third-order valence-corrected chi connectivity index (χ3v) is 5.22. The van der Waals surface area contributed by atoms with Gasteiger partial charge in [0.15, 0.2) is 11.6 Å². The van der Waals surface area contributed by atoms with Crippen LogP contribution in [0.2, 0.25) is 0 Å². The van der Waals surface area contributed by atoms with Crippen molar-refractivity contribution >= 4 is 15.8 Å². The molecule has 20 heavy (non-hydrogen) atoms. The van der Waals surface area contributed by atoms with Crippen molar-refractivity contribution in [1.29, 1.82) is 0 Å². The van der Waals surface area contributed by atoms with Crippen LogP contribution in [0.5, 0.6) is 0 Å². The second-order valence-corrected chi connectivity index (χ2v) is 7.46. The summed E-state index contributed by atoms with van der Waals surface area (Å²) in [5.74, 6) is -0.256. The SMILES string of the molecule is CC(C)S(=O)(=O)NC1CCCN(c2ncncc2F)C1. The number of hydrogen-bond donors (Lipinski definition) is 1. The summed E-state index contributed by atoms with van der Waals surface area (Å²) in [6.45, 7) is 4.34. The van der Waals surface area contributed by atoms with E-state index in [0.717, 1.165) is 19.0 Å². The van der Waals surface area contributed by atoms with Gasteiger partial charge in [0, 0.05) is 19.1 Å². The molecule has 2 rings (SSSR count). The van der Waals surface area contributed by atoms with E-state index in [9.17, 15) is 12.8 Å². The molecule has 0 saturated carbocycles. The van der Waals surface area contributed by atoms with Crippen LogP contribution in [0.15, 0.2) is 12.5 Å². The molecule has 8 heteroatoms. The van der Waals surface area contributed by atoms with Crippen LogP contribution in [0, 0.1) is 5.82 Å². The average molecular weight is 302 g/mol. The van der Waals surface area contributed by atoms with Crippen LogP contribution in [0.25, 0.3) is 0 Å². The molecule has 1 saturated heterocycles. The molecule has 0 aliphatic carbocycles. The maximum atomic E-state index is 13.7. The Morgan fingerprint density at radius 1 is 1.50 bits per heavy atom. The number of sulfonamides is 1. The van der Waals surface area contributed by atoms with Crippen LogP contribution in [-0.4, -0.2) is 42.8 Å². The fourth-order valence-electron chi connectivity index (χ4n) is 2.17. The molecule has 6 nitrogen and oxygen atoms in total. The minimum atomic E-state index is -3.32. The van der Waals surface area contributed by atoms with Gasteiger partial charge in [-0.3, -0.25) is 0 Å². The maximum absolute atomic E-state index is 13.7. The van der Waals surface area contributed by atoms with Crippen molar-refractivity contribution in [3.8, 4) is 0 Å². The number of halogens is 1. The predicted octanol–water partition coefficient (Wildman–Crippen LogP) is 0.912. The van der Waals surface area contributed by atoms with Gasteiger partial charge in [-0.1, -0.05) is 0 Å². The van der Waals surface area contributed by atoms with E-state index >= 15 is 0 Å². The summed E-state index contributed by atoms with van der Waals surface area (Å²) in [7, 11) is -3.32. The van der Waals surface area contributed by atoms with Gasteiger partial charge in [-0.15, -0.1) is 0 Å². The van der Waals surface area contributed by atoms with E-state index in [-0.39, 0.29) is 11.9 Å². The van der Waals surface area contributed by atoms with Crippen LogP contribution in [-0.2, 0) is 10.0 Å². The van der Waals surface area contributed by atoms with Crippen molar-refractivity contribution in [2.45, 2.75) is 38.0 Å². The molecule has 1 fully saturated rings. The topological polar surface area (TPSA) is 75.2 Å². The molecule has 0 aromatic carbocycles. The van der Waals surface area contributed by atoms with Gasteiger partial charge in [-0.2, -0.15) is 0 Å². The lowest BCUT2D eigenvalue weighted by atomic mass is 10.1. The fourth-order valence-corrected chi connectivity index (χ4v) is 3.10. The fraction of sp³-hybridized carbons (Fsp3) is 0.667. The standard InChI is InChI=1S/C12H19FN4O2S/c1-9(2)20(18,19)16-10-4-3-5-17(7-10)12-11(13)6-14-8-15-12/h6,8-10,16H,3-5,7H2,1-2H3. The first-order valence-electron chi connectivity index (χ1n) is 6.61. The minimum Gasteiger partial charge on any atom is -0.352 e. The van der Waals surface area contributed by atoms with E-state index in [2.05, 4.69) is 14.7 Å². The van der Waals surface area contributed by atoms with Crippen molar-refractivity contribution < 1.29 is 12.8 Å². The van der Waals surface area contributed by atoms with Crippen molar-refractivity contribution in [2.24, 2.45) is 0 Å². The van der Waals surface area contributed by atoms with E-state index in [0.29, 0.717) is 13.1 Å². The largest absolute Gasteiger partial charge is 0.352 e. The molecule has 1 N–H and O–H groups in total. The zero-order valence-electron chi connectivity index (χ0n) is 11.6. The summed E-state index contributed by atoms with van der Waals surface area (Å²) < 4.78 is 40.1. The number of nitrogens with one attached hydrogen (secondary N) is 1. The van der Waals surface area contributed by atoms with Crippen LogP contribution in [0.1, 0.15) is 26.7 Å². The highest BCUT2D eigenvalue weighted by Crippen LogP contribution is 2.20. The van der Waals surface area contributed by atoms with Gasteiger partial charge in [0.2, 0.25) is 10.0 Å². The molecule has 2 heterocycles. The van der Waals surface area contributed by atoms with Gasteiger partial charge in [-0.05, 0) is 26.7 Å². The Balaban J connectivity index is 2.08. The monoisotopic (exact) mass is 302 g/mol. The lowest BCUT2D eigenvalue weighted by Crippen LogP contribution is -2.49. The Bertz CT molecular complexity index is 564. The van der Waals surface area contributed by atoms with Crippen LogP contribution in [0.3, 0.4) is 0 Å². The second kappa shape index (κ2) is 6.01. The molecule has 0 bridgehead atoms. The number of anilines is 1. The zero-order valence-corrected chi connectivity index (χ0v) is 12.4. The first kappa shape index (κ1) is 15.1. The van der Waals surface area contributed by atoms with Crippen molar-refractivity contribution in [3.63, 3.8) is 0 Å². The second-order valence-electron chi connectivity index (χ2n) is 5.19. The molecule has 112 valence electrons. The lowest BCUT2D eigenvalue weighted by Gasteiger charge is -2.34. The third kappa shape index (κ3) is 3.43. The molecule has 1 aliphatic heterocycles. The van der Waals surface area contributed by atoms with Crippen LogP contribution in [0.4, 0.5) is 10.2 Å². The molecule has 0 amide bonds. The van der Waals surface area contributed by atoms with E-state index in [4.69, 9.17) is 0 Å². The number of aromatic nitrogens is 2. The van der Waals surface area contributed by atoms with E-state index in [1.165, 1.54) is 6.33 Å². The van der Waals surface area contributed by atoms with Crippen molar-refractivity contribution in [1.82, 2.24) is 14.7 Å². The molecule has 0 spiro atoms. The summed E-state index contributed by atoms with van der Waals surface area (Å²) in [6, 6.07) is -0.217. The summed E-state index contributed by atoms with van der Waals surface area (Å²) >= 11 is 0. The number of rotatable bonds is 4. The first-order chi connectivity index (χ1) is 9.40. The van der Waals surface area contributed by atoms with Gasteiger partial charge < -0.3 is 4.90 Å². The summed E-state index contributed by atoms with van der Waals surface area (Å²) in [4.78, 5) is 9.31. The Morgan fingerprint density at radius 3 is 2.90 bits per heavy atom. The van der Waals surface area contributed by atoms with E-state index < -0.39 is 21.1 Å². The number of piperidine rings is 1. The number of nitrogens with zero attached hydrogens (tertiary/aromatic N) is 3. The highest BCUT2D eigenvalue weighted by atomic mass is 32.2. The maximum Gasteiger partial charge on any atom is 0.214 e. The molecule has 1 unspecified atom stereocenters. The molecule has 1 aliphatic rings. The van der Waals surface area contributed by atoms with Crippen LogP contribution >= 0.6 is 0 Å². The van der Waals surface area contributed by atoms with Gasteiger partial charge >= 0.3 is 0 Å². The zero-order chi connectivity index (χ0) is 14.8. The summed E-state index contributed by atoms with van der Waals surface area (Å²) in [6.07, 6.45) is 3.94. The average Bonchev–Trinajstić information content (AvgIpc) is 2.39. The molecule has 0 radical (unpaired) electrons. The van der Waals surface area contributed by atoms with Crippen LogP contribution < -0.4 is 9.62 Å². The smallest absolute Gasteiger partial charge is 0.214 e. The Labute approximate surface area is 118 Å². The number of hydrogen-bond acceptors (Lipinski definition) is 5. The highest BCUT2D eigenvalue weighted by molar-refractivity contribution is 7.90. The van der Waals surface area contributed by atoms with Gasteiger partial charge in [-0.25, -0.2) is 27.5 Å². The Hall–Kier alpha value is -1.28. The highest BCUT2D eigenvalue weighted by Gasteiger charge is 2.27. The third-order valence-electron chi connectivity index (χ3n) is 3.32. The lowest BCUT2D eigenvalue weighted by molar-refractivity contribution is 0.456. The van der Waals surface area contributed by atoms with E-state index in [1.54, 1.807) is 18.7 Å². The quantitative estimate of drug-likeness (QED) is 0.895. The van der Waals surface area contributed by atoms with Crippen molar-refractivity contribution in [2.75, 3.05) is 18.0 Å². The normalized spacial score (nSPS) is 20.4. The van der Waals surface area contributed by atoms with E-state index in [1.807, 2.05) is 0 Å². The molecular formula is C12H19FN4O2S. The Morgan fingerprint density at radius 2 is 2.25 bits per heavy atom.